The van der Waals surface area contributed by atoms with Gasteiger partial charge in [-0.1, -0.05) is 48.5 Å². The number of benzene rings is 2. The van der Waals surface area contributed by atoms with Crippen molar-refractivity contribution >= 4 is 33.3 Å². The van der Waals surface area contributed by atoms with Crippen molar-refractivity contribution in [2.75, 3.05) is 11.5 Å². The highest BCUT2D eigenvalue weighted by Gasteiger charge is 2.32. The van der Waals surface area contributed by atoms with Gasteiger partial charge in [0.25, 0.3) is 0 Å². The summed E-state index contributed by atoms with van der Waals surface area (Å²) in [4.78, 5) is 1.17. The molecule has 2 aliphatic rings. The number of hydrogen-bond acceptors (Lipinski definition) is 4. The van der Waals surface area contributed by atoms with E-state index in [-0.39, 0.29) is 10.9 Å². The van der Waals surface area contributed by atoms with Crippen molar-refractivity contribution in [3.05, 3.63) is 66.2 Å². The van der Waals surface area contributed by atoms with Crippen LogP contribution in [0.1, 0.15) is 5.56 Å². The van der Waals surface area contributed by atoms with E-state index < -0.39 is 0 Å². The fraction of sp³-hybridized carbons (Fsp3) is 0.0625. The van der Waals surface area contributed by atoms with Crippen LogP contribution in [-0.4, -0.2) is 28.3 Å². The first-order valence-electron chi connectivity index (χ1n) is 6.73. The van der Waals surface area contributed by atoms with Crippen LogP contribution < -0.4 is 4.41 Å². The Morgan fingerprint density at radius 3 is 2.29 bits per heavy atom. The lowest BCUT2D eigenvalue weighted by atomic mass is 10.1. The average molecular weight is 294 g/mol. The van der Waals surface area contributed by atoms with Crippen LogP contribution in [0.25, 0.3) is 0 Å². The Morgan fingerprint density at radius 2 is 1.57 bits per heavy atom. The second kappa shape index (κ2) is 4.86. The minimum Gasteiger partial charge on any atom is -0.228 e. The summed E-state index contributed by atoms with van der Waals surface area (Å²) in [5.74, 6) is 0. The average Bonchev–Trinajstić information content (AvgIpc) is 3.10. The summed E-state index contributed by atoms with van der Waals surface area (Å²) in [6.45, 7) is 0. The molecule has 0 N–H and O–H groups in total. The van der Waals surface area contributed by atoms with Gasteiger partial charge in [-0.05, 0) is 12.1 Å². The van der Waals surface area contributed by atoms with E-state index >= 15 is 0 Å². The van der Waals surface area contributed by atoms with Crippen molar-refractivity contribution in [1.82, 2.24) is 4.41 Å². The van der Waals surface area contributed by atoms with Crippen molar-refractivity contribution in [2.45, 2.75) is 0 Å². The van der Waals surface area contributed by atoms with Gasteiger partial charge < -0.3 is 0 Å². The van der Waals surface area contributed by atoms with Gasteiger partial charge >= 0.3 is 0 Å². The van der Waals surface area contributed by atoms with E-state index in [9.17, 15) is 0 Å². The van der Waals surface area contributed by atoms with Crippen LogP contribution in [0.5, 0.6) is 0 Å². The standard InChI is InChI=1S/C16H14N4S/c1-19-17-12-15-16(13-8-4-2-5-9-13)18-20(21(15)19)14-10-6-3-7-11-14/h2-12H,1H3. The molecule has 2 aliphatic heterocycles. The highest BCUT2D eigenvalue weighted by Crippen LogP contribution is 2.39. The second-order valence-electron chi connectivity index (χ2n) is 4.76. The summed E-state index contributed by atoms with van der Waals surface area (Å²) in [7, 11) is 1.72. The zero-order valence-electron chi connectivity index (χ0n) is 11.5. The van der Waals surface area contributed by atoms with Gasteiger partial charge in [0.05, 0.1) is 27.6 Å². The van der Waals surface area contributed by atoms with E-state index in [0.29, 0.717) is 0 Å². The summed E-state index contributed by atoms with van der Waals surface area (Å²) < 4.78 is 4.03. The van der Waals surface area contributed by atoms with Gasteiger partial charge in [-0.15, -0.1) is 0 Å². The van der Waals surface area contributed by atoms with Gasteiger partial charge in [0.1, 0.15) is 5.71 Å². The molecule has 0 saturated heterocycles. The van der Waals surface area contributed by atoms with Crippen molar-refractivity contribution in [1.29, 1.82) is 0 Å². The third-order valence-corrected chi connectivity index (χ3v) is 5.30. The minimum absolute atomic E-state index is 0.275. The largest absolute Gasteiger partial charge is 0.228 e. The molecule has 0 aromatic heterocycles. The van der Waals surface area contributed by atoms with Gasteiger partial charge in [0.2, 0.25) is 0 Å². The SMILES string of the molecule is CN1N=CC2=S1N(c1ccccc1)N=C2c1ccccc1. The van der Waals surface area contributed by atoms with Gasteiger partial charge in [-0.3, -0.25) is 0 Å². The zero-order chi connectivity index (χ0) is 14.2. The lowest BCUT2D eigenvalue weighted by molar-refractivity contribution is 0.619. The van der Waals surface area contributed by atoms with Crippen molar-refractivity contribution in [3.63, 3.8) is 0 Å². The maximum atomic E-state index is 4.86. The van der Waals surface area contributed by atoms with E-state index in [0.717, 1.165) is 17.0 Å². The summed E-state index contributed by atoms with van der Waals surface area (Å²) in [5.41, 5.74) is 3.22. The van der Waals surface area contributed by atoms with Crippen LogP contribution in [0.3, 0.4) is 0 Å². The molecule has 0 amide bonds. The van der Waals surface area contributed by atoms with E-state index in [1.54, 1.807) is 0 Å². The van der Waals surface area contributed by atoms with Crippen LogP contribution in [-0.2, 0) is 0 Å². The molecular weight excluding hydrogens is 280 g/mol. The van der Waals surface area contributed by atoms with E-state index in [1.165, 1.54) is 4.86 Å². The molecule has 1 atom stereocenters. The molecule has 2 heterocycles. The van der Waals surface area contributed by atoms with Gasteiger partial charge in [-0.25, -0.2) is 4.41 Å². The summed E-state index contributed by atoms with van der Waals surface area (Å²) >= 11 is 0. The third kappa shape index (κ3) is 1.97. The highest BCUT2D eigenvalue weighted by molar-refractivity contribution is 8.17. The van der Waals surface area contributed by atoms with Crippen molar-refractivity contribution in [3.8, 4) is 0 Å². The molecule has 0 spiro atoms. The molecule has 0 radical (unpaired) electrons. The first kappa shape index (κ1) is 12.3. The first-order chi connectivity index (χ1) is 10.3. The van der Waals surface area contributed by atoms with Gasteiger partial charge in [-0.2, -0.15) is 14.6 Å². The molecule has 0 saturated carbocycles. The summed E-state index contributed by atoms with van der Waals surface area (Å²) in [6, 6.07) is 20.5. The molecule has 4 nitrogen and oxygen atoms in total. The van der Waals surface area contributed by atoms with Crippen molar-refractivity contribution in [2.24, 2.45) is 10.2 Å². The topological polar surface area (TPSA) is 31.2 Å². The van der Waals surface area contributed by atoms with Crippen LogP contribution in [0, 0.1) is 0 Å². The number of hydrazone groups is 2. The quantitative estimate of drug-likeness (QED) is 0.797. The summed E-state index contributed by atoms with van der Waals surface area (Å²) in [5, 5.41) is 9.29. The molecule has 21 heavy (non-hydrogen) atoms. The van der Waals surface area contributed by atoms with E-state index in [2.05, 4.69) is 33.8 Å². The van der Waals surface area contributed by atoms with Crippen LogP contribution in [0.15, 0.2) is 70.9 Å². The molecule has 4 rings (SSSR count). The van der Waals surface area contributed by atoms with E-state index in [4.69, 9.17) is 5.10 Å². The molecule has 0 fully saturated rings. The second-order valence-corrected chi connectivity index (χ2v) is 6.60. The normalized spacial score (nSPS) is 20.0. The minimum atomic E-state index is -0.275. The molecule has 2 aromatic carbocycles. The number of anilines is 1. The Balaban J connectivity index is 1.85. The molecule has 5 heteroatoms. The molecular formula is C16H14N4S. The molecule has 0 aliphatic carbocycles. The predicted octanol–water partition coefficient (Wildman–Crippen LogP) is 3.11. The monoisotopic (exact) mass is 294 g/mol. The highest BCUT2D eigenvalue weighted by atomic mass is 32.2. The number of para-hydroxylation sites is 1. The Labute approximate surface area is 126 Å². The number of hydrogen-bond donors (Lipinski definition) is 0. The fourth-order valence-corrected chi connectivity index (χ4v) is 4.19. The molecule has 1 unspecified atom stereocenters. The lowest BCUT2D eigenvalue weighted by Gasteiger charge is -2.22. The Kier molecular flexibility index (Phi) is 2.86. The molecule has 104 valence electrons. The predicted molar refractivity (Wildman–Crippen MR) is 90.8 cm³/mol. The van der Waals surface area contributed by atoms with Gasteiger partial charge in [0.15, 0.2) is 0 Å². The molecule has 0 bridgehead atoms. The lowest BCUT2D eigenvalue weighted by Crippen LogP contribution is -2.14. The first-order valence-corrected chi connectivity index (χ1v) is 7.87. The van der Waals surface area contributed by atoms with E-state index in [1.807, 2.05) is 54.1 Å². The van der Waals surface area contributed by atoms with Crippen LogP contribution in [0.4, 0.5) is 5.69 Å². The van der Waals surface area contributed by atoms with Crippen LogP contribution >= 0.6 is 10.9 Å². The molecule has 2 aromatic rings. The zero-order valence-corrected chi connectivity index (χ0v) is 12.4. The van der Waals surface area contributed by atoms with Crippen molar-refractivity contribution < 1.29 is 0 Å². The van der Waals surface area contributed by atoms with Gasteiger partial charge in [0, 0.05) is 12.6 Å². The van der Waals surface area contributed by atoms with Crippen LogP contribution in [0.2, 0.25) is 0 Å². The maximum Gasteiger partial charge on any atom is 0.110 e. The Morgan fingerprint density at radius 1 is 0.905 bits per heavy atom. The fourth-order valence-electron chi connectivity index (χ4n) is 2.41. The number of rotatable bonds is 2. The maximum absolute atomic E-state index is 4.86. The Hall–Kier alpha value is -2.40. The summed E-state index contributed by atoms with van der Waals surface area (Å²) in [6.07, 6.45) is 1.93. The number of nitrogens with zero attached hydrogens (tertiary/aromatic N) is 4. The Bertz CT molecular complexity index is 765. The smallest absolute Gasteiger partial charge is 0.110 e. The third-order valence-electron chi connectivity index (χ3n) is 3.40.